The van der Waals surface area contributed by atoms with E-state index in [0.29, 0.717) is 0 Å². The summed E-state index contributed by atoms with van der Waals surface area (Å²) in [5.41, 5.74) is 0.140. The van der Waals surface area contributed by atoms with E-state index in [4.69, 9.17) is 4.89 Å². The average Bonchev–Trinajstić information content (AvgIpc) is 2.27. The lowest BCUT2D eigenvalue weighted by molar-refractivity contribution is -0.246. The SMILES string of the molecule is CC(C)COOC(=O)c1cccc(S(C)(=O)=O)c1. The van der Waals surface area contributed by atoms with Crippen molar-refractivity contribution in [2.45, 2.75) is 18.7 Å². The van der Waals surface area contributed by atoms with Crippen LogP contribution in [0.1, 0.15) is 24.2 Å². The molecule has 0 radical (unpaired) electrons. The van der Waals surface area contributed by atoms with Gasteiger partial charge >= 0.3 is 5.97 Å². The molecule has 1 aromatic rings. The van der Waals surface area contributed by atoms with Crippen LogP contribution in [0.5, 0.6) is 0 Å². The zero-order valence-corrected chi connectivity index (χ0v) is 11.4. The molecule has 0 heterocycles. The number of carbonyl (C=O) groups is 1. The van der Waals surface area contributed by atoms with Gasteiger partial charge < -0.3 is 0 Å². The second kappa shape index (κ2) is 5.97. The van der Waals surface area contributed by atoms with E-state index in [-0.39, 0.29) is 23.0 Å². The predicted molar refractivity (Wildman–Crippen MR) is 65.8 cm³/mol. The summed E-state index contributed by atoms with van der Waals surface area (Å²) in [5, 5.41) is 0. The molecular weight excluding hydrogens is 256 g/mol. The molecule has 0 aliphatic carbocycles. The van der Waals surface area contributed by atoms with Crippen LogP contribution in [0.15, 0.2) is 29.2 Å². The fraction of sp³-hybridized carbons (Fsp3) is 0.417. The molecule has 18 heavy (non-hydrogen) atoms. The summed E-state index contributed by atoms with van der Waals surface area (Å²) < 4.78 is 22.7. The topological polar surface area (TPSA) is 69.7 Å². The van der Waals surface area contributed by atoms with Crippen molar-refractivity contribution in [2.24, 2.45) is 5.92 Å². The lowest BCUT2D eigenvalue weighted by Crippen LogP contribution is -2.10. The molecule has 0 fully saturated rings. The highest BCUT2D eigenvalue weighted by Crippen LogP contribution is 2.12. The fourth-order valence-corrected chi connectivity index (χ4v) is 1.79. The molecule has 1 rings (SSSR count). The van der Waals surface area contributed by atoms with E-state index in [9.17, 15) is 13.2 Å². The summed E-state index contributed by atoms with van der Waals surface area (Å²) in [6.07, 6.45) is 1.08. The van der Waals surface area contributed by atoms with Crippen LogP contribution in [0.3, 0.4) is 0 Å². The fourth-order valence-electron chi connectivity index (χ4n) is 1.13. The normalized spacial score (nSPS) is 11.6. The van der Waals surface area contributed by atoms with E-state index < -0.39 is 15.8 Å². The number of hydrogen-bond acceptors (Lipinski definition) is 5. The van der Waals surface area contributed by atoms with Crippen LogP contribution in [-0.2, 0) is 19.6 Å². The molecular formula is C12H16O5S. The van der Waals surface area contributed by atoms with Gasteiger partial charge in [0.05, 0.1) is 17.1 Å². The molecule has 0 amide bonds. The standard InChI is InChI=1S/C12H16O5S/c1-9(2)8-16-17-12(13)10-5-4-6-11(7-10)18(3,14)15/h4-7,9H,8H2,1-3H3. The Morgan fingerprint density at radius 2 is 2.00 bits per heavy atom. The van der Waals surface area contributed by atoms with E-state index in [1.54, 1.807) is 0 Å². The Hall–Kier alpha value is -1.40. The lowest BCUT2D eigenvalue weighted by atomic mass is 10.2. The first-order valence-electron chi connectivity index (χ1n) is 5.44. The van der Waals surface area contributed by atoms with Gasteiger partial charge in [-0.3, -0.25) is 4.89 Å². The van der Waals surface area contributed by atoms with Crippen LogP contribution in [0.25, 0.3) is 0 Å². The predicted octanol–water partition coefficient (Wildman–Crippen LogP) is 1.83. The first-order chi connectivity index (χ1) is 8.30. The summed E-state index contributed by atoms with van der Waals surface area (Å²) in [7, 11) is -3.34. The number of carbonyl (C=O) groups excluding carboxylic acids is 1. The molecule has 0 saturated heterocycles. The van der Waals surface area contributed by atoms with Gasteiger partial charge in [-0.15, -0.1) is 0 Å². The average molecular weight is 272 g/mol. The summed E-state index contributed by atoms with van der Waals surface area (Å²) in [6.45, 7) is 4.12. The minimum Gasteiger partial charge on any atom is -0.293 e. The largest absolute Gasteiger partial charge is 0.373 e. The first kappa shape index (κ1) is 14.7. The third-order valence-corrected chi connectivity index (χ3v) is 3.14. The van der Waals surface area contributed by atoms with E-state index in [1.165, 1.54) is 24.3 Å². The van der Waals surface area contributed by atoms with Crippen molar-refractivity contribution in [3.8, 4) is 0 Å². The van der Waals surface area contributed by atoms with Crippen LogP contribution in [-0.4, -0.2) is 27.2 Å². The molecule has 0 saturated carbocycles. The van der Waals surface area contributed by atoms with Gasteiger partial charge in [-0.2, -0.15) is 4.89 Å². The van der Waals surface area contributed by atoms with Crippen molar-refractivity contribution in [3.05, 3.63) is 29.8 Å². The Kier molecular flexibility index (Phi) is 4.86. The van der Waals surface area contributed by atoms with Crippen molar-refractivity contribution >= 4 is 15.8 Å². The van der Waals surface area contributed by atoms with Crippen molar-refractivity contribution < 1.29 is 23.0 Å². The van der Waals surface area contributed by atoms with Crippen LogP contribution in [0.4, 0.5) is 0 Å². The van der Waals surface area contributed by atoms with E-state index in [1.807, 2.05) is 13.8 Å². The zero-order valence-electron chi connectivity index (χ0n) is 10.5. The molecule has 0 aromatic heterocycles. The summed E-state index contributed by atoms with van der Waals surface area (Å²) in [6, 6.07) is 5.63. The molecule has 100 valence electrons. The van der Waals surface area contributed by atoms with Gasteiger partial charge in [-0.1, -0.05) is 19.9 Å². The Balaban J connectivity index is 2.75. The first-order valence-corrected chi connectivity index (χ1v) is 7.34. The molecule has 0 atom stereocenters. The van der Waals surface area contributed by atoms with Crippen molar-refractivity contribution in [3.63, 3.8) is 0 Å². The highest BCUT2D eigenvalue weighted by atomic mass is 32.2. The van der Waals surface area contributed by atoms with Crippen molar-refractivity contribution in [1.29, 1.82) is 0 Å². The van der Waals surface area contributed by atoms with Gasteiger partial charge in [0.25, 0.3) is 0 Å². The van der Waals surface area contributed by atoms with Crippen LogP contribution in [0.2, 0.25) is 0 Å². The molecule has 0 spiro atoms. The number of benzene rings is 1. The monoisotopic (exact) mass is 272 g/mol. The van der Waals surface area contributed by atoms with Crippen molar-refractivity contribution in [1.82, 2.24) is 0 Å². The highest BCUT2D eigenvalue weighted by Gasteiger charge is 2.13. The third kappa shape index (κ3) is 4.46. The maximum atomic E-state index is 11.6. The van der Waals surface area contributed by atoms with E-state index in [2.05, 4.69) is 4.89 Å². The van der Waals surface area contributed by atoms with Gasteiger partial charge in [0, 0.05) is 6.26 Å². The quantitative estimate of drug-likeness (QED) is 0.604. The Bertz CT molecular complexity index is 519. The molecule has 6 heteroatoms. The van der Waals surface area contributed by atoms with Gasteiger partial charge in [0.15, 0.2) is 9.84 Å². The summed E-state index contributed by atoms with van der Waals surface area (Å²) in [4.78, 5) is 20.9. The molecule has 0 N–H and O–H groups in total. The molecule has 5 nitrogen and oxygen atoms in total. The summed E-state index contributed by atoms with van der Waals surface area (Å²) >= 11 is 0. The highest BCUT2D eigenvalue weighted by molar-refractivity contribution is 7.90. The minimum atomic E-state index is -3.34. The number of sulfone groups is 1. The lowest BCUT2D eigenvalue weighted by Gasteiger charge is -2.06. The van der Waals surface area contributed by atoms with Crippen LogP contribution in [0, 0.1) is 5.92 Å². The van der Waals surface area contributed by atoms with Gasteiger partial charge in [-0.05, 0) is 24.1 Å². The molecule has 0 aliphatic heterocycles. The second-order valence-electron chi connectivity index (χ2n) is 4.35. The molecule has 0 aliphatic rings. The van der Waals surface area contributed by atoms with Crippen molar-refractivity contribution in [2.75, 3.05) is 12.9 Å². The zero-order chi connectivity index (χ0) is 13.8. The molecule has 0 bridgehead atoms. The Labute approximate surface area is 107 Å². The second-order valence-corrected chi connectivity index (χ2v) is 6.36. The van der Waals surface area contributed by atoms with E-state index >= 15 is 0 Å². The third-order valence-electron chi connectivity index (χ3n) is 2.03. The summed E-state index contributed by atoms with van der Waals surface area (Å²) in [5.74, 6) is -0.471. The Morgan fingerprint density at radius 1 is 1.33 bits per heavy atom. The molecule has 0 unspecified atom stereocenters. The maximum absolute atomic E-state index is 11.6. The molecule has 1 aromatic carbocycles. The minimum absolute atomic E-state index is 0.0702. The Morgan fingerprint density at radius 3 is 2.56 bits per heavy atom. The van der Waals surface area contributed by atoms with Crippen LogP contribution < -0.4 is 0 Å². The van der Waals surface area contributed by atoms with Gasteiger partial charge in [0.2, 0.25) is 0 Å². The van der Waals surface area contributed by atoms with Gasteiger partial charge in [0.1, 0.15) is 0 Å². The smallest absolute Gasteiger partial charge is 0.293 e. The van der Waals surface area contributed by atoms with E-state index in [0.717, 1.165) is 6.26 Å². The number of hydrogen-bond donors (Lipinski definition) is 0. The van der Waals surface area contributed by atoms with Gasteiger partial charge in [-0.25, -0.2) is 13.2 Å². The van der Waals surface area contributed by atoms with Crippen LogP contribution >= 0.6 is 0 Å². The maximum Gasteiger partial charge on any atom is 0.373 e. The number of rotatable bonds is 5.